The van der Waals surface area contributed by atoms with E-state index in [9.17, 15) is 9.18 Å². The number of rotatable bonds is 6. The minimum absolute atomic E-state index is 0.144. The van der Waals surface area contributed by atoms with E-state index < -0.39 is 17.8 Å². The van der Waals surface area contributed by atoms with Crippen molar-refractivity contribution in [2.45, 2.75) is 12.5 Å². The van der Waals surface area contributed by atoms with Crippen LogP contribution in [0.5, 0.6) is 0 Å². The summed E-state index contributed by atoms with van der Waals surface area (Å²) in [6, 6.07) is 3.73. The van der Waals surface area contributed by atoms with Crippen molar-refractivity contribution in [3.8, 4) is 0 Å². The summed E-state index contributed by atoms with van der Waals surface area (Å²) in [4.78, 5) is 11.7. The Morgan fingerprint density at radius 3 is 2.89 bits per heavy atom. The van der Waals surface area contributed by atoms with Crippen LogP contribution >= 0.6 is 11.6 Å². The van der Waals surface area contributed by atoms with Crippen LogP contribution < -0.4 is 5.32 Å². The van der Waals surface area contributed by atoms with Crippen LogP contribution in [0.15, 0.2) is 18.2 Å². The van der Waals surface area contributed by atoms with Gasteiger partial charge in [0, 0.05) is 17.7 Å². The molecule has 100 valence electrons. The molecule has 0 aliphatic carbocycles. The maximum atomic E-state index is 13.4. The summed E-state index contributed by atoms with van der Waals surface area (Å²) in [5.41, 5.74) is 0.144. The predicted octanol–water partition coefficient (Wildman–Crippen LogP) is 1.15. The van der Waals surface area contributed by atoms with Gasteiger partial charge in [-0.05, 0) is 12.1 Å². The third-order valence-electron chi connectivity index (χ3n) is 2.35. The fourth-order valence-electron chi connectivity index (χ4n) is 1.48. The second-order valence-corrected chi connectivity index (χ2v) is 4.19. The average molecular weight is 276 g/mol. The lowest BCUT2D eigenvalue weighted by molar-refractivity contribution is -0.121. The third kappa shape index (κ3) is 4.25. The number of hydrogen-bond donors (Lipinski definition) is 2. The fourth-order valence-corrected chi connectivity index (χ4v) is 1.71. The highest BCUT2D eigenvalue weighted by molar-refractivity contribution is 6.31. The number of carbonyl (C=O) groups is 1. The summed E-state index contributed by atoms with van der Waals surface area (Å²) in [6.45, 7) is -0.0577. The zero-order valence-electron chi connectivity index (χ0n) is 9.95. The largest absolute Gasteiger partial charge is 0.394 e. The lowest BCUT2D eigenvalue weighted by Crippen LogP contribution is -2.41. The van der Waals surface area contributed by atoms with Gasteiger partial charge in [-0.2, -0.15) is 0 Å². The molecule has 2 N–H and O–H groups in total. The summed E-state index contributed by atoms with van der Waals surface area (Å²) in [5, 5.41) is 11.7. The van der Waals surface area contributed by atoms with Crippen LogP contribution in [0.1, 0.15) is 5.56 Å². The van der Waals surface area contributed by atoms with Crippen molar-refractivity contribution >= 4 is 17.5 Å². The van der Waals surface area contributed by atoms with Crippen LogP contribution in [-0.2, 0) is 16.0 Å². The van der Waals surface area contributed by atoms with Crippen molar-refractivity contribution in [2.24, 2.45) is 0 Å². The first-order chi connectivity index (χ1) is 8.58. The summed E-state index contributed by atoms with van der Waals surface area (Å²) in [7, 11) is 1.46. The van der Waals surface area contributed by atoms with E-state index in [2.05, 4.69) is 5.32 Å². The number of carbonyl (C=O) groups excluding carboxylic acids is 1. The molecule has 0 aliphatic heterocycles. The van der Waals surface area contributed by atoms with Crippen molar-refractivity contribution in [2.75, 3.05) is 20.3 Å². The maximum Gasteiger partial charge on any atom is 0.224 e. The van der Waals surface area contributed by atoms with Crippen LogP contribution in [0.3, 0.4) is 0 Å². The zero-order valence-corrected chi connectivity index (χ0v) is 10.7. The van der Waals surface area contributed by atoms with Crippen LogP contribution in [0.4, 0.5) is 4.39 Å². The van der Waals surface area contributed by atoms with E-state index in [4.69, 9.17) is 21.4 Å². The molecule has 0 bridgehead atoms. The zero-order chi connectivity index (χ0) is 13.5. The number of hydrogen-bond acceptors (Lipinski definition) is 3. The molecule has 1 aromatic rings. The Kier molecular flexibility index (Phi) is 6.04. The van der Waals surface area contributed by atoms with Crippen LogP contribution in [-0.4, -0.2) is 37.4 Å². The summed E-state index contributed by atoms with van der Waals surface area (Å²) in [6.07, 6.45) is -0.175. The Hall–Kier alpha value is -1.17. The minimum Gasteiger partial charge on any atom is -0.394 e. The van der Waals surface area contributed by atoms with Crippen LogP contribution in [0, 0.1) is 5.82 Å². The van der Waals surface area contributed by atoms with Crippen molar-refractivity contribution < 1.29 is 19.0 Å². The van der Waals surface area contributed by atoms with Gasteiger partial charge in [0.15, 0.2) is 0 Å². The standard InChI is InChI=1S/C12H15ClFNO3/c1-18-7-8(6-16)15-12(17)5-9-10(13)3-2-4-11(9)14/h2-4,8,16H,5-7H2,1H3,(H,15,17). The third-order valence-corrected chi connectivity index (χ3v) is 2.71. The normalized spacial score (nSPS) is 12.2. The average Bonchev–Trinajstić information content (AvgIpc) is 2.33. The van der Waals surface area contributed by atoms with Gasteiger partial charge in [0.2, 0.25) is 5.91 Å². The molecular weight excluding hydrogens is 261 g/mol. The first kappa shape index (κ1) is 14.9. The Morgan fingerprint density at radius 1 is 1.61 bits per heavy atom. The Morgan fingerprint density at radius 2 is 2.33 bits per heavy atom. The fraction of sp³-hybridized carbons (Fsp3) is 0.417. The number of ether oxygens (including phenoxy) is 1. The number of aliphatic hydroxyl groups is 1. The maximum absolute atomic E-state index is 13.4. The lowest BCUT2D eigenvalue weighted by Gasteiger charge is -2.15. The number of methoxy groups -OCH3 is 1. The molecule has 0 aliphatic rings. The van der Waals surface area contributed by atoms with Crippen molar-refractivity contribution in [1.82, 2.24) is 5.32 Å². The highest BCUT2D eigenvalue weighted by atomic mass is 35.5. The molecule has 0 saturated heterocycles. The molecule has 1 unspecified atom stereocenters. The molecular formula is C12H15ClFNO3. The number of benzene rings is 1. The van der Waals surface area contributed by atoms with Gasteiger partial charge < -0.3 is 15.2 Å². The monoisotopic (exact) mass is 275 g/mol. The number of aliphatic hydroxyl groups excluding tert-OH is 1. The Balaban J connectivity index is 2.64. The van der Waals surface area contributed by atoms with Gasteiger partial charge in [-0.15, -0.1) is 0 Å². The quantitative estimate of drug-likeness (QED) is 0.819. The van der Waals surface area contributed by atoms with Crippen LogP contribution in [0.2, 0.25) is 5.02 Å². The highest BCUT2D eigenvalue weighted by Crippen LogP contribution is 2.19. The van der Waals surface area contributed by atoms with E-state index in [0.29, 0.717) is 0 Å². The SMILES string of the molecule is COCC(CO)NC(=O)Cc1c(F)cccc1Cl. The van der Waals surface area contributed by atoms with Crippen molar-refractivity contribution in [3.63, 3.8) is 0 Å². The summed E-state index contributed by atoms with van der Waals surface area (Å²) in [5.74, 6) is -0.942. The number of halogens is 2. The number of nitrogens with one attached hydrogen (secondary N) is 1. The molecule has 0 radical (unpaired) electrons. The molecule has 18 heavy (non-hydrogen) atoms. The summed E-state index contributed by atoms with van der Waals surface area (Å²) >= 11 is 5.81. The van der Waals surface area contributed by atoms with Gasteiger partial charge in [-0.3, -0.25) is 4.79 Å². The highest BCUT2D eigenvalue weighted by Gasteiger charge is 2.15. The molecule has 4 nitrogen and oxygen atoms in total. The minimum atomic E-state index is -0.523. The smallest absolute Gasteiger partial charge is 0.224 e. The summed E-state index contributed by atoms with van der Waals surface area (Å²) < 4.78 is 18.3. The van der Waals surface area contributed by atoms with E-state index in [-0.39, 0.29) is 30.2 Å². The Bertz CT molecular complexity index is 394. The van der Waals surface area contributed by atoms with E-state index in [0.717, 1.165) is 0 Å². The van der Waals surface area contributed by atoms with Gasteiger partial charge >= 0.3 is 0 Å². The van der Waals surface area contributed by atoms with Gasteiger partial charge in [0.25, 0.3) is 0 Å². The lowest BCUT2D eigenvalue weighted by atomic mass is 10.1. The van der Waals surface area contributed by atoms with Crippen molar-refractivity contribution in [1.29, 1.82) is 0 Å². The molecule has 0 saturated carbocycles. The van der Waals surface area contributed by atoms with E-state index in [1.54, 1.807) is 0 Å². The molecule has 0 aromatic heterocycles. The molecule has 1 rings (SSSR count). The van der Waals surface area contributed by atoms with E-state index >= 15 is 0 Å². The number of amides is 1. The predicted molar refractivity (Wildman–Crippen MR) is 66.0 cm³/mol. The first-order valence-corrected chi connectivity index (χ1v) is 5.78. The molecule has 1 amide bonds. The molecule has 1 atom stereocenters. The van der Waals surface area contributed by atoms with Gasteiger partial charge in [-0.25, -0.2) is 4.39 Å². The molecule has 0 fully saturated rings. The van der Waals surface area contributed by atoms with E-state index in [1.165, 1.54) is 25.3 Å². The molecule has 0 spiro atoms. The van der Waals surface area contributed by atoms with Gasteiger partial charge in [0.1, 0.15) is 5.82 Å². The first-order valence-electron chi connectivity index (χ1n) is 5.40. The van der Waals surface area contributed by atoms with E-state index in [1.807, 2.05) is 0 Å². The molecule has 6 heteroatoms. The van der Waals surface area contributed by atoms with Crippen molar-refractivity contribution in [3.05, 3.63) is 34.6 Å². The van der Waals surface area contributed by atoms with Gasteiger partial charge in [0.05, 0.1) is 25.7 Å². The molecule has 1 aromatic carbocycles. The second-order valence-electron chi connectivity index (χ2n) is 3.78. The molecule has 0 heterocycles. The second kappa shape index (κ2) is 7.31. The van der Waals surface area contributed by atoms with Gasteiger partial charge in [-0.1, -0.05) is 17.7 Å². The Labute approximate surface area is 110 Å². The van der Waals surface area contributed by atoms with Crippen LogP contribution in [0.25, 0.3) is 0 Å². The topological polar surface area (TPSA) is 58.6 Å².